The van der Waals surface area contributed by atoms with Gasteiger partial charge in [-0.05, 0) is 12.1 Å². The van der Waals surface area contributed by atoms with E-state index in [0.717, 1.165) is 31.1 Å². The van der Waals surface area contributed by atoms with E-state index in [2.05, 4.69) is 16.3 Å². The molecule has 0 aromatic carbocycles. The zero-order valence-corrected chi connectivity index (χ0v) is 8.10. The van der Waals surface area contributed by atoms with Gasteiger partial charge in [0.2, 0.25) is 0 Å². The zero-order chi connectivity index (χ0) is 9.10. The smallest absolute Gasteiger partial charge is 0.110 e. The first kappa shape index (κ1) is 8.54. The number of nitrogens with one attached hydrogen (secondary N) is 1. The fourth-order valence-electron chi connectivity index (χ4n) is 1.44. The average Bonchev–Trinajstić information content (AvgIpc) is 2.67. The molecule has 1 aliphatic rings. The third-order valence-electron chi connectivity index (χ3n) is 2.13. The van der Waals surface area contributed by atoms with Gasteiger partial charge in [-0.3, -0.25) is 0 Å². The number of hydrogen-bond acceptors (Lipinski definition) is 4. The van der Waals surface area contributed by atoms with Crippen LogP contribution in [0.1, 0.15) is 4.88 Å². The Labute approximate surface area is 81.6 Å². The summed E-state index contributed by atoms with van der Waals surface area (Å²) >= 11 is 1.58. The van der Waals surface area contributed by atoms with Crippen LogP contribution in [0.2, 0.25) is 0 Å². The van der Waals surface area contributed by atoms with Crippen molar-refractivity contribution >= 4 is 16.3 Å². The van der Waals surface area contributed by atoms with Gasteiger partial charge in [-0.25, -0.2) is 0 Å². The van der Waals surface area contributed by atoms with Gasteiger partial charge in [0.1, 0.15) is 10.9 Å². The maximum absolute atomic E-state index is 8.68. The minimum atomic E-state index is 0.800. The lowest BCUT2D eigenvalue weighted by Gasteiger charge is -2.27. The molecule has 0 bridgehead atoms. The monoisotopic (exact) mass is 193 g/mol. The summed E-state index contributed by atoms with van der Waals surface area (Å²) in [4.78, 5) is 3.12. The van der Waals surface area contributed by atoms with Crippen molar-refractivity contribution < 1.29 is 0 Å². The van der Waals surface area contributed by atoms with Gasteiger partial charge in [0.15, 0.2) is 0 Å². The SMILES string of the molecule is N#Cc1ccc(N2CCNCC2)s1. The molecule has 0 saturated carbocycles. The predicted molar refractivity (Wildman–Crippen MR) is 54.1 cm³/mol. The highest BCUT2D eigenvalue weighted by molar-refractivity contribution is 7.16. The third kappa shape index (κ3) is 1.82. The summed E-state index contributed by atoms with van der Waals surface area (Å²) in [7, 11) is 0. The lowest BCUT2D eigenvalue weighted by molar-refractivity contribution is 0.592. The van der Waals surface area contributed by atoms with E-state index in [9.17, 15) is 0 Å². The molecule has 1 N–H and O–H groups in total. The van der Waals surface area contributed by atoms with Crippen LogP contribution in [0.15, 0.2) is 12.1 Å². The lowest BCUT2D eigenvalue weighted by atomic mass is 10.4. The zero-order valence-electron chi connectivity index (χ0n) is 7.29. The van der Waals surface area contributed by atoms with E-state index in [1.165, 1.54) is 5.00 Å². The number of nitrogens with zero attached hydrogens (tertiary/aromatic N) is 2. The Morgan fingerprint density at radius 1 is 1.38 bits per heavy atom. The molecule has 13 heavy (non-hydrogen) atoms. The molecule has 1 saturated heterocycles. The fourth-order valence-corrected chi connectivity index (χ4v) is 2.30. The molecule has 3 nitrogen and oxygen atoms in total. The van der Waals surface area contributed by atoms with Crippen LogP contribution in [0, 0.1) is 11.3 Å². The summed E-state index contributed by atoms with van der Waals surface area (Å²) < 4.78 is 0. The second-order valence-corrected chi connectivity index (χ2v) is 4.05. The topological polar surface area (TPSA) is 39.1 Å². The van der Waals surface area contributed by atoms with E-state index in [1.807, 2.05) is 12.1 Å². The number of rotatable bonds is 1. The molecule has 0 aliphatic carbocycles. The van der Waals surface area contributed by atoms with Gasteiger partial charge in [0, 0.05) is 26.2 Å². The Kier molecular flexibility index (Phi) is 2.48. The Bertz CT molecular complexity index is 320. The van der Waals surface area contributed by atoms with Crippen molar-refractivity contribution in [3.63, 3.8) is 0 Å². The Morgan fingerprint density at radius 3 is 2.77 bits per heavy atom. The van der Waals surface area contributed by atoms with Gasteiger partial charge in [-0.1, -0.05) is 0 Å². The first-order valence-electron chi connectivity index (χ1n) is 4.36. The number of nitriles is 1. The number of anilines is 1. The van der Waals surface area contributed by atoms with E-state index < -0.39 is 0 Å². The van der Waals surface area contributed by atoms with Crippen LogP contribution in [-0.4, -0.2) is 26.2 Å². The maximum Gasteiger partial charge on any atom is 0.110 e. The van der Waals surface area contributed by atoms with Gasteiger partial charge in [0.05, 0.1) is 5.00 Å². The van der Waals surface area contributed by atoms with Crippen molar-refractivity contribution in [1.29, 1.82) is 5.26 Å². The molecule has 1 aliphatic heterocycles. The van der Waals surface area contributed by atoms with E-state index in [4.69, 9.17) is 5.26 Å². The quantitative estimate of drug-likeness (QED) is 0.724. The summed E-state index contributed by atoms with van der Waals surface area (Å²) in [5, 5.41) is 13.2. The van der Waals surface area contributed by atoms with Gasteiger partial charge in [-0.15, -0.1) is 11.3 Å². The van der Waals surface area contributed by atoms with Crippen molar-refractivity contribution in [1.82, 2.24) is 5.32 Å². The lowest BCUT2D eigenvalue weighted by Crippen LogP contribution is -2.43. The van der Waals surface area contributed by atoms with Gasteiger partial charge >= 0.3 is 0 Å². The van der Waals surface area contributed by atoms with E-state index in [0.29, 0.717) is 0 Å². The van der Waals surface area contributed by atoms with Gasteiger partial charge in [0.25, 0.3) is 0 Å². The van der Waals surface area contributed by atoms with Crippen molar-refractivity contribution in [2.45, 2.75) is 0 Å². The molecule has 0 radical (unpaired) electrons. The highest BCUT2D eigenvalue weighted by Crippen LogP contribution is 2.25. The minimum absolute atomic E-state index is 0.800. The number of hydrogen-bond donors (Lipinski definition) is 1. The van der Waals surface area contributed by atoms with E-state index >= 15 is 0 Å². The van der Waals surface area contributed by atoms with Crippen molar-refractivity contribution in [3.8, 4) is 6.07 Å². The molecule has 2 heterocycles. The van der Waals surface area contributed by atoms with Crippen LogP contribution in [0.3, 0.4) is 0 Å². The second-order valence-electron chi connectivity index (χ2n) is 2.99. The second kappa shape index (κ2) is 3.77. The molecular formula is C9H11N3S. The molecule has 0 spiro atoms. The molecule has 2 rings (SSSR count). The highest BCUT2D eigenvalue weighted by atomic mass is 32.1. The summed E-state index contributed by atoms with van der Waals surface area (Å²) in [6, 6.07) is 6.09. The van der Waals surface area contributed by atoms with Crippen LogP contribution < -0.4 is 10.2 Å². The maximum atomic E-state index is 8.68. The summed E-state index contributed by atoms with van der Waals surface area (Å²) in [6.07, 6.45) is 0. The predicted octanol–water partition coefficient (Wildman–Crippen LogP) is 1.03. The normalized spacial score (nSPS) is 17.0. The van der Waals surface area contributed by atoms with E-state index in [1.54, 1.807) is 11.3 Å². The fraction of sp³-hybridized carbons (Fsp3) is 0.444. The largest absolute Gasteiger partial charge is 0.361 e. The standard InChI is InChI=1S/C9H11N3S/c10-7-8-1-2-9(13-8)12-5-3-11-4-6-12/h1-2,11H,3-6H2. The number of thiophene rings is 1. The molecule has 68 valence electrons. The molecule has 4 heteroatoms. The minimum Gasteiger partial charge on any atom is -0.361 e. The number of piperazine rings is 1. The molecule has 1 fully saturated rings. The van der Waals surface area contributed by atoms with Crippen LogP contribution in [0.4, 0.5) is 5.00 Å². The van der Waals surface area contributed by atoms with Crippen LogP contribution in [0.25, 0.3) is 0 Å². The molecule has 0 amide bonds. The Hall–Kier alpha value is -1.05. The molecular weight excluding hydrogens is 182 g/mol. The van der Waals surface area contributed by atoms with Gasteiger partial charge in [-0.2, -0.15) is 5.26 Å². The molecule has 1 aromatic rings. The highest BCUT2D eigenvalue weighted by Gasteiger charge is 2.11. The third-order valence-corrected chi connectivity index (χ3v) is 3.18. The van der Waals surface area contributed by atoms with Crippen molar-refractivity contribution in [2.24, 2.45) is 0 Å². The van der Waals surface area contributed by atoms with Crippen LogP contribution >= 0.6 is 11.3 Å². The Balaban J connectivity index is 2.11. The van der Waals surface area contributed by atoms with Crippen molar-refractivity contribution in [3.05, 3.63) is 17.0 Å². The summed E-state index contributed by atoms with van der Waals surface area (Å²) in [5.41, 5.74) is 0. The van der Waals surface area contributed by atoms with E-state index in [-0.39, 0.29) is 0 Å². The first-order valence-corrected chi connectivity index (χ1v) is 5.17. The van der Waals surface area contributed by atoms with Gasteiger partial charge < -0.3 is 10.2 Å². The first-order chi connectivity index (χ1) is 6.40. The molecule has 0 unspecified atom stereocenters. The molecule has 0 atom stereocenters. The average molecular weight is 193 g/mol. The summed E-state index contributed by atoms with van der Waals surface area (Å²) in [6.45, 7) is 4.18. The van der Waals surface area contributed by atoms with Crippen LogP contribution in [-0.2, 0) is 0 Å². The Morgan fingerprint density at radius 2 is 2.15 bits per heavy atom. The molecule has 1 aromatic heterocycles. The van der Waals surface area contributed by atoms with Crippen molar-refractivity contribution in [2.75, 3.05) is 31.1 Å². The van der Waals surface area contributed by atoms with Crippen LogP contribution in [0.5, 0.6) is 0 Å². The summed E-state index contributed by atoms with van der Waals surface area (Å²) in [5.74, 6) is 0.